The number of nitro benzene ring substituents is 1. The number of hydrogen-bond donors (Lipinski definition) is 1. The van der Waals surface area contributed by atoms with Crippen molar-refractivity contribution in [3.63, 3.8) is 0 Å². The van der Waals surface area contributed by atoms with Crippen molar-refractivity contribution in [1.29, 1.82) is 0 Å². The molecule has 0 amide bonds. The second-order valence-electron chi connectivity index (χ2n) is 3.98. The zero-order valence-corrected chi connectivity index (χ0v) is 11.9. The highest BCUT2D eigenvalue weighted by Gasteiger charge is 2.19. The van der Waals surface area contributed by atoms with E-state index in [0.29, 0.717) is 0 Å². The molecule has 0 aromatic heterocycles. The average Bonchev–Trinajstić information content (AvgIpc) is 2.43. The van der Waals surface area contributed by atoms with Crippen molar-refractivity contribution in [3.05, 3.63) is 63.4 Å². The minimum Gasteiger partial charge on any atom is -0.277 e. The fourth-order valence-electron chi connectivity index (χ4n) is 1.54. The van der Waals surface area contributed by atoms with Crippen LogP contribution in [0, 0.1) is 15.9 Å². The number of nitro groups is 1. The number of non-ortho nitro benzene ring substituents is 1. The minimum atomic E-state index is -4.16. The Labute approximate surface area is 124 Å². The van der Waals surface area contributed by atoms with Crippen molar-refractivity contribution < 1.29 is 17.7 Å². The van der Waals surface area contributed by atoms with Crippen LogP contribution in [0.3, 0.4) is 0 Å². The normalized spacial score (nSPS) is 11.1. The third-order valence-corrected chi connectivity index (χ3v) is 4.11. The minimum absolute atomic E-state index is 0.146. The summed E-state index contributed by atoms with van der Waals surface area (Å²) in [6, 6.07) is 7.80. The third kappa shape index (κ3) is 3.47. The van der Waals surface area contributed by atoms with Crippen molar-refractivity contribution in [2.24, 2.45) is 0 Å². The Morgan fingerprint density at radius 1 is 1.19 bits per heavy atom. The molecule has 0 aliphatic heterocycles. The highest BCUT2D eigenvalue weighted by Crippen LogP contribution is 2.24. The zero-order chi connectivity index (χ0) is 15.6. The van der Waals surface area contributed by atoms with Crippen LogP contribution in [0.15, 0.2) is 47.4 Å². The molecule has 0 aliphatic carbocycles. The summed E-state index contributed by atoms with van der Waals surface area (Å²) in [5.74, 6) is -0.812. The fraction of sp³-hybridized carbons (Fsp3) is 0. The number of rotatable bonds is 4. The van der Waals surface area contributed by atoms with Crippen molar-refractivity contribution >= 4 is 33.0 Å². The van der Waals surface area contributed by atoms with Crippen LogP contribution in [0.5, 0.6) is 0 Å². The summed E-state index contributed by atoms with van der Waals surface area (Å²) >= 11 is 5.67. The number of nitrogens with one attached hydrogen (secondary N) is 1. The molecule has 0 bridgehead atoms. The van der Waals surface area contributed by atoms with Gasteiger partial charge in [-0.05, 0) is 24.3 Å². The maximum Gasteiger partial charge on any atom is 0.270 e. The van der Waals surface area contributed by atoms with E-state index in [4.69, 9.17) is 11.6 Å². The van der Waals surface area contributed by atoms with Gasteiger partial charge in [-0.25, -0.2) is 12.8 Å². The highest BCUT2D eigenvalue weighted by atomic mass is 35.5. The number of anilines is 1. The summed E-state index contributed by atoms with van der Waals surface area (Å²) < 4.78 is 39.7. The van der Waals surface area contributed by atoms with Crippen LogP contribution in [0.25, 0.3) is 0 Å². The van der Waals surface area contributed by atoms with E-state index < -0.39 is 20.8 Å². The number of sulfonamides is 1. The summed E-state index contributed by atoms with van der Waals surface area (Å²) in [6.07, 6.45) is 0. The van der Waals surface area contributed by atoms with Crippen molar-refractivity contribution in [2.75, 3.05) is 4.72 Å². The van der Waals surface area contributed by atoms with Crippen molar-refractivity contribution in [1.82, 2.24) is 0 Å². The summed E-state index contributed by atoms with van der Waals surface area (Å²) in [6.45, 7) is 0. The largest absolute Gasteiger partial charge is 0.277 e. The molecule has 0 unspecified atom stereocenters. The first-order chi connectivity index (χ1) is 9.79. The summed E-state index contributed by atoms with van der Waals surface area (Å²) in [5.41, 5.74) is -0.724. The van der Waals surface area contributed by atoms with E-state index in [1.54, 1.807) is 0 Å². The van der Waals surface area contributed by atoms with Gasteiger partial charge < -0.3 is 0 Å². The van der Waals surface area contributed by atoms with Crippen molar-refractivity contribution in [3.8, 4) is 0 Å². The van der Waals surface area contributed by atoms with E-state index >= 15 is 0 Å². The van der Waals surface area contributed by atoms with Crippen LogP contribution in [-0.2, 0) is 10.0 Å². The Kier molecular flexibility index (Phi) is 4.10. The molecule has 1 N–H and O–H groups in total. The lowest BCUT2D eigenvalue weighted by molar-refractivity contribution is -0.385. The van der Waals surface area contributed by atoms with Crippen LogP contribution in [0.1, 0.15) is 0 Å². The monoisotopic (exact) mass is 330 g/mol. The predicted octanol–water partition coefficient (Wildman–Crippen LogP) is 3.19. The molecule has 0 atom stereocenters. The molecule has 0 saturated carbocycles. The second-order valence-corrected chi connectivity index (χ2v) is 6.10. The standard InChI is InChI=1S/C12H8ClFN2O4S/c13-8-4-5-11(14)12(6-8)15-21(19,20)10-3-1-2-9(7-10)16(17)18/h1-7,15H. The van der Waals surface area contributed by atoms with Gasteiger partial charge >= 0.3 is 0 Å². The third-order valence-electron chi connectivity index (χ3n) is 2.51. The molecule has 2 aromatic rings. The Bertz CT molecular complexity index is 811. The molecular weight excluding hydrogens is 323 g/mol. The molecule has 9 heteroatoms. The number of nitrogens with zero attached hydrogens (tertiary/aromatic N) is 1. The Morgan fingerprint density at radius 3 is 2.57 bits per heavy atom. The molecule has 6 nitrogen and oxygen atoms in total. The lowest BCUT2D eigenvalue weighted by Gasteiger charge is -2.09. The summed E-state index contributed by atoms with van der Waals surface area (Å²) in [5, 5.41) is 10.8. The zero-order valence-electron chi connectivity index (χ0n) is 10.3. The van der Waals surface area contributed by atoms with E-state index in [0.717, 1.165) is 30.3 Å². The van der Waals surface area contributed by atoms with Crippen LogP contribution >= 0.6 is 11.6 Å². The van der Waals surface area contributed by atoms with Gasteiger partial charge in [-0.2, -0.15) is 0 Å². The SMILES string of the molecule is O=[N+]([O-])c1cccc(S(=O)(=O)Nc2cc(Cl)ccc2F)c1. The van der Waals surface area contributed by atoms with E-state index in [9.17, 15) is 22.9 Å². The molecular formula is C12H8ClFN2O4S. The van der Waals surface area contributed by atoms with Gasteiger partial charge in [-0.1, -0.05) is 17.7 Å². The van der Waals surface area contributed by atoms with Crippen LogP contribution in [-0.4, -0.2) is 13.3 Å². The Balaban J connectivity index is 2.41. The second kappa shape index (κ2) is 5.66. The Hall–Kier alpha value is -2.19. The van der Waals surface area contributed by atoms with Gasteiger partial charge in [-0.15, -0.1) is 0 Å². The van der Waals surface area contributed by atoms with Crippen molar-refractivity contribution in [2.45, 2.75) is 4.90 Å². The molecule has 2 rings (SSSR count). The maximum absolute atomic E-state index is 13.5. The van der Waals surface area contributed by atoms with E-state index in [1.165, 1.54) is 12.1 Å². The molecule has 0 spiro atoms. The summed E-state index contributed by atoms with van der Waals surface area (Å²) in [4.78, 5) is 9.58. The molecule has 0 fully saturated rings. The van der Waals surface area contributed by atoms with E-state index in [2.05, 4.69) is 0 Å². The molecule has 110 valence electrons. The fourth-order valence-corrected chi connectivity index (χ4v) is 2.81. The van der Waals surface area contributed by atoms with E-state index in [-0.39, 0.29) is 21.3 Å². The van der Waals surface area contributed by atoms with Gasteiger partial charge in [0.1, 0.15) is 5.82 Å². The van der Waals surface area contributed by atoms with Gasteiger partial charge in [0, 0.05) is 17.2 Å². The highest BCUT2D eigenvalue weighted by molar-refractivity contribution is 7.92. The van der Waals surface area contributed by atoms with E-state index in [1.807, 2.05) is 4.72 Å². The molecule has 0 saturated heterocycles. The topological polar surface area (TPSA) is 89.3 Å². The molecule has 21 heavy (non-hydrogen) atoms. The first-order valence-electron chi connectivity index (χ1n) is 5.52. The molecule has 0 heterocycles. The smallest absolute Gasteiger partial charge is 0.270 e. The maximum atomic E-state index is 13.5. The number of halogens is 2. The Morgan fingerprint density at radius 2 is 1.90 bits per heavy atom. The average molecular weight is 331 g/mol. The first-order valence-corrected chi connectivity index (χ1v) is 7.38. The molecule has 2 aromatic carbocycles. The van der Waals surface area contributed by atoms with Gasteiger partial charge in [-0.3, -0.25) is 14.8 Å². The summed E-state index contributed by atoms with van der Waals surface area (Å²) in [7, 11) is -4.16. The lowest BCUT2D eigenvalue weighted by Crippen LogP contribution is -2.14. The van der Waals surface area contributed by atoms with Gasteiger partial charge in [0.25, 0.3) is 15.7 Å². The van der Waals surface area contributed by atoms with Crippen LogP contribution in [0.4, 0.5) is 15.8 Å². The first kappa shape index (κ1) is 15.2. The lowest BCUT2D eigenvalue weighted by atomic mass is 10.3. The molecule has 0 radical (unpaired) electrons. The number of hydrogen-bond acceptors (Lipinski definition) is 4. The quantitative estimate of drug-likeness (QED) is 0.688. The number of benzene rings is 2. The van der Waals surface area contributed by atoms with Crippen LogP contribution < -0.4 is 4.72 Å². The van der Waals surface area contributed by atoms with Crippen LogP contribution in [0.2, 0.25) is 5.02 Å². The van der Waals surface area contributed by atoms with Gasteiger partial charge in [0.15, 0.2) is 0 Å². The molecule has 0 aliphatic rings. The van der Waals surface area contributed by atoms with Gasteiger partial charge in [0.2, 0.25) is 0 Å². The predicted molar refractivity (Wildman–Crippen MR) is 75.3 cm³/mol. The van der Waals surface area contributed by atoms with Gasteiger partial charge in [0.05, 0.1) is 15.5 Å².